The fourth-order valence-corrected chi connectivity index (χ4v) is 2.50. The summed E-state index contributed by atoms with van der Waals surface area (Å²) in [5.41, 5.74) is 1.82. The number of carbonyl (C=O) groups excluding carboxylic acids is 3. The van der Waals surface area contributed by atoms with E-state index in [0.29, 0.717) is 11.1 Å². The van der Waals surface area contributed by atoms with Crippen molar-refractivity contribution in [3.05, 3.63) is 65.0 Å². The van der Waals surface area contributed by atoms with Gasteiger partial charge in [-0.25, -0.2) is 0 Å². The van der Waals surface area contributed by atoms with Crippen molar-refractivity contribution in [2.45, 2.75) is 13.0 Å². The minimum atomic E-state index is -0.389. The average molecular weight is 309 g/mol. The van der Waals surface area contributed by atoms with Crippen molar-refractivity contribution in [3.63, 3.8) is 0 Å². The number of rotatable bonds is 3. The summed E-state index contributed by atoms with van der Waals surface area (Å²) in [4.78, 5) is 41.3. The number of amides is 3. The molecule has 23 heavy (non-hydrogen) atoms. The number of fused-ring (bicyclic) bond motifs is 1. The molecule has 1 aliphatic heterocycles. The molecule has 6 heteroatoms. The molecule has 1 aromatic carbocycles. The van der Waals surface area contributed by atoms with Gasteiger partial charge in [-0.05, 0) is 36.8 Å². The van der Waals surface area contributed by atoms with E-state index in [4.69, 9.17) is 0 Å². The lowest BCUT2D eigenvalue weighted by Crippen LogP contribution is -2.27. The van der Waals surface area contributed by atoms with E-state index in [9.17, 15) is 14.4 Å². The largest absolute Gasteiger partial charge is 0.345 e. The van der Waals surface area contributed by atoms with E-state index in [1.807, 2.05) is 13.0 Å². The molecule has 0 saturated heterocycles. The molecule has 0 aliphatic carbocycles. The first-order valence-electron chi connectivity index (χ1n) is 7.16. The van der Waals surface area contributed by atoms with Gasteiger partial charge in [0, 0.05) is 25.0 Å². The molecular formula is C17H15N3O3. The monoisotopic (exact) mass is 309 g/mol. The molecule has 6 nitrogen and oxygen atoms in total. The molecule has 3 rings (SSSR count). The van der Waals surface area contributed by atoms with E-state index in [1.165, 1.54) is 19.2 Å². The predicted molar refractivity (Wildman–Crippen MR) is 83.0 cm³/mol. The van der Waals surface area contributed by atoms with Gasteiger partial charge >= 0.3 is 0 Å². The molecular weight excluding hydrogens is 294 g/mol. The molecule has 2 heterocycles. The molecule has 0 fully saturated rings. The van der Waals surface area contributed by atoms with Gasteiger partial charge in [0.05, 0.1) is 17.2 Å². The van der Waals surface area contributed by atoms with Crippen LogP contribution in [0.4, 0.5) is 0 Å². The van der Waals surface area contributed by atoms with Crippen molar-refractivity contribution in [1.82, 2.24) is 15.2 Å². The van der Waals surface area contributed by atoms with Crippen LogP contribution in [0.5, 0.6) is 0 Å². The molecule has 1 N–H and O–H groups in total. The van der Waals surface area contributed by atoms with Crippen LogP contribution in [0, 0.1) is 0 Å². The van der Waals surface area contributed by atoms with Gasteiger partial charge in [0.15, 0.2) is 0 Å². The SMILES string of the molecule is CC(NC(=O)c1ccc2c(c1)C(=O)N(C)C2=O)c1cccnc1. The first-order valence-corrected chi connectivity index (χ1v) is 7.16. The number of benzene rings is 1. The molecule has 1 aromatic heterocycles. The van der Waals surface area contributed by atoms with Crippen LogP contribution in [-0.4, -0.2) is 34.7 Å². The lowest BCUT2D eigenvalue weighted by Gasteiger charge is -2.14. The average Bonchev–Trinajstić information content (AvgIpc) is 2.79. The van der Waals surface area contributed by atoms with Gasteiger partial charge in [0.1, 0.15) is 0 Å². The Bertz CT molecular complexity index is 802. The minimum Gasteiger partial charge on any atom is -0.345 e. The second-order valence-corrected chi connectivity index (χ2v) is 5.41. The summed E-state index contributed by atoms with van der Waals surface area (Å²) in [5.74, 6) is -1.04. The van der Waals surface area contributed by atoms with Gasteiger partial charge in [0.2, 0.25) is 0 Å². The normalized spacial score (nSPS) is 14.6. The van der Waals surface area contributed by atoms with Crippen LogP contribution in [0.3, 0.4) is 0 Å². The Kier molecular flexibility index (Phi) is 3.65. The zero-order chi connectivity index (χ0) is 16.6. The van der Waals surface area contributed by atoms with E-state index in [1.54, 1.807) is 24.5 Å². The Hall–Kier alpha value is -3.02. The van der Waals surface area contributed by atoms with Crippen LogP contribution in [0.15, 0.2) is 42.7 Å². The summed E-state index contributed by atoms with van der Waals surface area (Å²) in [5, 5.41) is 2.85. The third-order valence-electron chi connectivity index (χ3n) is 3.88. The molecule has 116 valence electrons. The number of nitrogens with one attached hydrogen (secondary N) is 1. The molecule has 0 saturated carbocycles. The summed E-state index contributed by atoms with van der Waals surface area (Å²) in [6, 6.07) is 7.98. The lowest BCUT2D eigenvalue weighted by atomic mass is 10.0. The van der Waals surface area contributed by atoms with Crippen molar-refractivity contribution in [2.75, 3.05) is 7.05 Å². The second-order valence-electron chi connectivity index (χ2n) is 5.41. The van der Waals surface area contributed by atoms with Crippen molar-refractivity contribution < 1.29 is 14.4 Å². The maximum Gasteiger partial charge on any atom is 0.261 e. The Morgan fingerprint density at radius 2 is 1.91 bits per heavy atom. The van der Waals surface area contributed by atoms with Crippen LogP contribution in [0.2, 0.25) is 0 Å². The molecule has 1 aliphatic rings. The highest BCUT2D eigenvalue weighted by Crippen LogP contribution is 2.23. The van der Waals surface area contributed by atoms with Crippen molar-refractivity contribution in [2.24, 2.45) is 0 Å². The number of pyridine rings is 1. The fourth-order valence-electron chi connectivity index (χ4n) is 2.50. The molecule has 0 radical (unpaired) electrons. The van der Waals surface area contributed by atoms with Gasteiger partial charge in [-0.15, -0.1) is 0 Å². The van der Waals surface area contributed by atoms with Crippen LogP contribution < -0.4 is 5.32 Å². The van der Waals surface area contributed by atoms with E-state index in [2.05, 4.69) is 10.3 Å². The smallest absolute Gasteiger partial charge is 0.261 e. The maximum atomic E-state index is 12.4. The van der Waals surface area contributed by atoms with Crippen molar-refractivity contribution >= 4 is 17.7 Å². The Morgan fingerprint density at radius 1 is 1.17 bits per heavy atom. The highest BCUT2D eigenvalue weighted by molar-refractivity contribution is 6.21. The summed E-state index contributed by atoms with van der Waals surface area (Å²) in [6.45, 7) is 1.85. The highest BCUT2D eigenvalue weighted by Gasteiger charge is 2.33. The van der Waals surface area contributed by atoms with Crippen LogP contribution in [0.25, 0.3) is 0 Å². The number of hydrogen-bond donors (Lipinski definition) is 1. The number of nitrogens with zero attached hydrogens (tertiary/aromatic N) is 2. The zero-order valence-corrected chi connectivity index (χ0v) is 12.7. The van der Waals surface area contributed by atoms with Crippen LogP contribution in [0.1, 0.15) is 49.6 Å². The number of hydrogen-bond acceptors (Lipinski definition) is 4. The van der Waals surface area contributed by atoms with Gasteiger partial charge in [-0.1, -0.05) is 6.07 Å². The van der Waals surface area contributed by atoms with E-state index in [-0.39, 0.29) is 29.3 Å². The number of imide groups is 1. The third-order valence-corrected chi connectivity index (χ3v) is 3.88. The second kappa shape index (κ2) is 5.64. The van der Waals surface area contributed by atoms with Crippen molar-refractivity contribution in [3.8, 4) is 0 Å². The Balaban J connectivity index is 1.82. The van der Waals surface area contributed by atoms with E-state index >= 15 is 0 Å². The Labute approximate surface area is 133 Å². The molecule has 2 aromatic rings. The summed E-state index contributed by atoms with van der Waals surface area (Å²) in [7, 11) is 1.43. The number of carbonyl (C=O) groups is 3. The fraction of sp³-hybridized carbons (Fsp3) is 0.176. The van der Waals surface area contributed by atoms with Gasteiger partial charge in [0.25, 0.3) is 17.7 Å². The first kappa shape index (κ1) is 14.9. The maximum absolute atomic E-state index is 12.4. The van der Waals surface area contributed by atoms with Crippen molar-refractivity contribution in [1.29, 1.82) is 0 Å². The molecule has 3 amide bonds. The van der Waals surface area contributed by atoms with Gasteiger partial charge in [-0.3, -0.25) is 24.3 Å². The quantitative estimate of drug-likeness (QED) is 0.877. The summed E-state index contributed by atoms with van der Waals surface area (Å²) in [6.07, 6.45) is 3.35. The highest BCUT2D eigenvalue weighted by atomic mass is 16.2. The molecule has 1 unspecified atom stereocenters. The van der Waals surface area contributed by atoms with Crippen LogP contribution in [-0.2, 0) is 0 Å². The van der Waals surface area contributed by atoms with Crippen LogP contribution >= 0.6 is 0 Å². The minimum absolute atomic E-state index is 0.218. The standard InChI is InChI=1S/C17H15N3O3/c1-10(12-4-3-7-18-9-12)19-15(21)11-5-6-13-14(8-11)17(23)20(2)16(13)22/h3-10H,1-2H3,(H,19,21). The zero-order valence-electron chi connectivity index (χ0n) is 12.7. The van der Waals surface area contributed by atoms with E-state index < -0.39 is 0 Å². The predicted octanol–water partition coefficient (Wildman–Crippen LogP) is 1.80. The van der Waals surface area contributed by atoms with Gasteiger partial charge in [-0.2, -0.15) is 0 Å². The lowest BCUT2D eigenvalue weighted by molar-refractivity contribution is 0.0693. The topological polar surface area (TPSA) is 79.4 Å². The molecule has 0 bridgehead atoms. The third kappa shape index (κ3) is 2.59. The molecule has 1 atom stereocenters. The summed E-state index contributed by atoms with van der Waals surface area (Å²) >= 11 is 0. The molecule has 0 spiro atoms. The summed E-state index contributed by atoms with van der Waals surface area (Å²) < 4.78 is 0. The Morgan fingerprint density at radius 3 is 2.61 bits per heavy atom. The van der Waals surface area contributed by atoms with Gasteiger partial charge < -0.3 is 5.32 Å². The first-order chi connectivity index (χ1) is 11.0. The van der Waals surface area contributed by atoms with E-state index in [0.717, 1.165) is 10.5 Å². The number of aromatic nitrogens is 1.